The second-order valence-corrected chi connectivity index (χ2v) is 5.50. The Labute approximate surface area is 120 Å². The van der Waals surface area contributed by atoms with Crippen molar-refractivity contribution in [3.8, 4) is 0 Å². The predicted molar refractivity (Wildman–Crippen MR) is 74.9 cm³/mol. The van der Waals surface area contributed by atoms with Crippen LogP contribution < -0.4 is 4.90 Å². The second kappa shape index (κ2) is 5.58. The van der Waals surface area contributed by atoms with E-state index >= 15 is 0 Å². The van der Waals surface area contributed by atoms with E-state index in [1.54, 1.807) is 18.9 Å². The molecular weight excluding hydrogens is 278 g/mol. The van der Waals surface area contributed by atoms with Gasteiger partial charge in [0.1, 0.15) is 6.20 Å². The van der Waals surface area contributed by atoms with E-state index in [0.717, 1.165) is 0 Å². The molecule has 1 aliphatic heterocycles. The molecular formula is C11H17N7O3. The van der Waals surface area contributed by atoms with Crippen molar-refractivity contribution in [3.05, 3.63) is 26.8 Å². The topological polar surface area (TPSA) is 133 Å². The van der Waals surface area contributed by atoms with Crippen molar-refractivity contribution >= 4 is 11.5 Å². The molecule has 10 nitrogen and oxygen atoms in total. The number of aryl methyl sites for hydroxylation is 1. The van der Waals surface area contributed by atoms with E-state index in [2.05, 4.69) is 15.1 Å². The molecule has 2 atom stereocenters. The highest BCUT2D eigenvalue weighted by molar-refractivity contribution is 5.57. The lowest BCUT2D eigenvalue weighted by molar-refractivity contribution is -0.384. The average Bonchev–Trinajstić information content (AvgIpc) is 2.68. The Morgan fingerprint density at radius 2 is 2.43 bits per heavy atom. The lowest BCUT2D eigenvalue weighted by Gasteiger charge is -2.29. The van der Waals surface area contributed by atoms with Gasteiger partial charge in [0, 0.05) is 31.1 Å². The van der Waals surface area contributed by atoms with Crippen LogP contribution in [0.25, 0.3) is 10.4 Å². The van der Waals surface area contributed by atoms with E-state index in [-0.39, 0.29) is 18.3 Å². The van der Waals surface area contributed by atoms with Gasteiger partial charge in [-0.25, -0.2) is 4.68 Å². The zero-order valence-electron chi connectivity index (χ0n) is 11.9. The molecule has 1 fully saturated rings. The third kappa shape index (κ3) is 3.23. The highest BCUT2D eigenvalue weighted by atomic mass is 16.6. The monoisotopic (exact) mass is 295 g/mol. The van der Waals surface area contributed by atoms with Crippen LogP contribution in [0.5, 0.6) is 0 Å². The molecule has 0 amide bonds. The molecule has 0 aromatic carbocycles. The highest BCUT2D eigenvalue weighted by Gasteiger charge is 2.35. The molecule has 1 saturated heterocycles. The first kappa shape index (κ1) is 15.1. The summed E-state index contributed by atoms with van der Waals surface area (Å²) in [5.41, 5.74) is 7.35. The Balaban J connectivity index is 2.34. The number of rotatable bonds is 3. The van der Waals surface area contributed by atoms with Crippen LogP contribution in [0.1, 0.15) is 19.8 Å². The number of azide groups is 1. The van der Waals surface area contributed by atoms with E-state index in [4.69, 9.17) is 5.53 Å². The second-order valence-electron chi connectivity index (χ2n) is 5.50. The zero-order chi connectivity index (χ0) is 15.6. The van der Waals surface area contributed by atoms with Crippen LogP contribution in [0.15, 0.2) is 11.3 Å². The van der Waals surface area contributed by atoms with Gasteiger partial charge in [0.15, 0.2) is 0 Å². The van der Waals surface area contributed by atoms with Crippen molar-refractivity contribution in [3.63, 3.8) is 0 Å². The largest absolute Gasteiger partial charge is 0.388 e. The van der Waals surface area contributed by atoms with Crippen LogP contribution in [0.2, 0.25) is 0 Å². The molecule has 1 N–H and O–H groups in total. The summed E-state index contributed by atoms with van der Waals surface area (Å²) in [6.07, 6.45) is 2.03. The summed E-state index contributed by atoms with van der Waals surface area (Å²) < 4.78 is 1.42. The molecule has 0 unspecified atom stereocenters. The van der Waals surface area contributed by atoms with Crippen LogP contribution >= 0.6 is 0 Å². The minimum atomic E-state index is -1.10. The molecule has 21 heavy (non-hydrogen) atoms. The Bertz CT molecular complexity index is 591. The summed E-state index contributed by atoms with van der Waals surface area (Å²) >= 11 is 0. The number of aromatic nitrogens is 2. The number of hydrogen-bond donors (Lipinski definition) is 1. The molecule has 1 aromatic heterocycles. The molecule has 1 aromatic rings. The fourth-order valence-electron chi connectivity index (χ4n) is 2.74. The highest BCUT2D eigenvalue weighted by Crippen LogP contribution is 2.32. The minimum Gasteiger partial charge on any atom is -0.388 e. The molecule has 2 rings (SSSR count). The Morgan fingerprint density at radius 3 is 3.05 bits per heavy atom. The van der Waals surface area contributed by atoms with E-state index in [1.807, 2.05) is 0 Å². The normalized spacial score (nSPS) is 26.0. The van der Waals surface area contributed by atoms with Gasteiger partial charge in [-0.1, -0.05) is 5.11 Å². The molecule has 0 bridgehead atoms. The average molecular weight is 295 g/mol. The molecule has 1 aliphatic rings. The molecule has 0 aliphatic carbocycles. The van der Waals surface area contributed by atoms with Crippen molar-refractivity contribution in [2.24, 2.45) is 12.2 Å². The van der Waals surface area contributed by atoms with Gasteiger partial charge in [0.25, 0.3) is 0 Å². The van der Waals surface area contributed by atoms with Gasteiger partial charge >= 0.3 is 5.69 Å². The Kier molecular flexibility index (Phi) is 4.01. The zero-order valence-corrected chi connectivity index (χ0v) is 11.9. The summed E-state index contributed by atoms with van der Waals surface area (Å²) in [7, 11) is 1.62. The number of nitro groups is 1. The van der Waals surface area contributed by atoms with E-state index in [1.165, 1.54) is 10.9 Å². The molecule has 0 saturated carbocycles. The number of β-amino-alcohol motifs (C(OH)–C–C–N with tert-alkyl or cyclic N) is 1. The lowest BCUT2D eigenvalue weighted by Crippen LogP contribution is -2.40. The maximum Gasteiger partial charge on any atom is 0.331 e. The first-order chi connectivity index (χ1) is 9.84. The smallest absolute Gasteiger partial charge is 0.331 e. The first-order valence-electron chi connectivity index (χ1n) is 6.52. The van der Waals surface area contributed by atoms with Crippen LogP contribution in [0, 0.1) is 10.1 Å². The summed E-state index contributed by atoms with van der Waals surface area (Å²) in [5, 5.41) is 29.1. The van der Waals surface area contributed by atoms with Crippen molar-refractivity contribution in [1.82, 2.24) is 9.78 Å². The van der Waals surface area contributed by atoms with Crippen LogP contribution in [-0.2, 0) is 7.05 Å². The summed E-state index contributed by atoms with van der Waals surface area (Å²) in [5.74, 6) is 0.349. The van der Waals surface area contributed by atoms with Crippen LogP contribution in [0.4, 0.5) is 11.5 Å². The van der Waals surface area contributed by atoms with Gasteiger partial charge in [0.05, 0.1) is 10.5 Å². The van der Waals surface area contributed by atoms with Crippen molar-refractivity contribution in [2.45, 2.75) is 31.4 Å². The summed E-state index contributed by atoms with van der Waals surface area (Å²) in [6, 6.07) is -0.331. The number of hydrogen-bond acceptors (Lipinski definition) is 6. The fraction of sp³-hybridized carbons (Fsp3) is 0.727. The maximum absolute atomic E-state index is 11.1. The third-order valence-corrected chi connectivity index (χ3v) is 3.54. The van der Waals surface area contributed by atoms with Crippen LogP contribution in [-0.4, -0.2) is 44.5 Å². The van der Waals surface area contributed by atoms with E-state index in [9.17, 15) is 15.2 Å². The molecule has 0 radical (unpaired) electrons. The number of nitrogens with zero attached hydrogens (tertiary/aromatic N) is 7. The van der Waals surface area contributed by atoms with Gasteiger partial charge in [-0.05, 0) is 25.3 Å². The fourth-order valence-corrected chi connectivity index (χ4v) is 2.74. The number of aliphatic hydroxyl groups is 1. The van der Waals surface area contributed by atoms with Gasteiger partial charge in [-0.2, -0.15) is 5.10 Å². The molecule has 10 heteroatoms. The first-order valence-corrected chi connectivity index (χ1v) is 6.52. The SMILES string of the molecule is Cn1ncc([N+](=O)[O-])c1N1CC[C@H](N=[N+]=[N-])C[C@](C)(O)C1. The summed E-state index contributed by atoms with van der Waals surface area (Å²) in [6.45, 7) is 2.29. The van der Waals surface area contributed by atoms with Crippen molar-refractivity contribution < 1.29 is 10.0 Å². The predicted octanol–water partition coefficient (Wildman–Crippen LogP) is 1.36. The molecule has 0 spiro atoms. The standard InChI is InChI=1S/C11H17N7O3/c1-11(19)5-8(14-15-12)3-4-17(7-11)10-9(18(20)21)6-13-16(10)2/h6,8,19H,3-5,7H2,1-2H3/t8-,11-/m0/s1. The molecule has 114 valence electrons. The van der Waals surface area contributed by atoms with E-state index < -0.39 is 10.5 Å². The minimum absolute atomic E-state index is 0.101. The molecule has 2 heterocycles. The maximum atomic E-state index is 11.1. The third-order valence-electron chi connectivity index (χ3n) is 3.54. The van der Waals surface area contributed by atoms with Gasteiger partial charge in [0.2, 0.25) is 5.82 Å². The van der Waals surface area contributed by atoms with Crippen molar-refractivity contribution in [1.29, 1.82) is 0 Å². The quantitative estimate of drug-likeness (QED) is 0.295. The van der Waals surface area contributed by atoms with Crippen LogP contribution in [0.3, 0.4) is 0 Å². The van der Waals surface area contributed by atoms with Gasteiger partial charge in [-0.3, -0.25) is 10.1 Å². The summed E-state index contributed by atoms with van der Waals surface area (Å²) in [4.78, 5) is 15.1. The van der Waals surface area contributed by atoms with Crippen molar-refractivity contribution in [2.75, 3.05) is 18.0 Å². The number of anilines is 1. The lowest BCUT2D eigenvalue weighted by atomic mass is 9.97. The van der Waals surface area contributed by atoms with E-state index in [0.29, 0.717) is 25.2 Å². The Morgan fingerprint density at radius 1 is 1.71 bits per heavy atom. The van der Waals surface area contributed by atoms with Gasteiger partial charge < -0.3 is 10.0 Å². The Hall–Kier alpha value is -2.32. The van der Waals surface area contributed by atoms with Gasteiger partial charge in [-0.15, -0.1) is 0 Å².